The molecule has 0 saturated carbocycles. The van der Waals surface area contributed by atoms with Crippen LogP contribution in [0.4, 0.5) is 5.69 Å². The molecule has 2 aliphatic heterocycles. The Balaban J connectivity index is 1.57. The minimum Gasteiger partial charge on any atom is -0.369 e. The van der Waals surface area contributed by atoms with Gasteiger partial charge in [0, 0.05) is 48.9 Å². The van der Waals surface area contributed by atoms with E-state index < -0.39 is 0 Å². The summed E-state index contributed by atoms with van der Waals surface area (Å²) in [5, 5.41) is 3.46. The molecule has 3 rings (SSSR count). The van der Waals surface area contributed by atoms with E-state index in [0.29, 0.717) is 0 Å². The molecule has 2 aliphatic rings. The zero-order chi connectivity index (χ0) is 12.4. The van der Waals surface area contributed by atoms with Crippen LogP contribution in [0.5, 0.6) is 0 Å². The molecule has 0 amide bonds. The van der Waals surface area contributed by atoms with Gasteiger partial charge in [0.2, 0.25) is 0 Å². The molecule has 4 heteroatoms. The molecule has 0 bridgehead atoms. The highest BCUT2D eigenvalue weighted by Gasteiger charge is 2.25. The Morgan fingerprint density at radius 3 is 2.39 bits per heavy atom. The molecule has 18 heavy (non-hydrogen) atoms. The van der Waals surface area contributed by atoms with Crippen LogP contribution >= 0.6 is 15.9 Å². The normalized spacial score (nSPS) is 25.6. The number of rotatable bonds is 2. The van der Waals surface area contributed by atoms with E-state index in [-0.39, 0.29) is 0 Å². The molecule has 1 aromatic carbocycles. The van der Waals surface area contributed by atoms with Crippen LogP contribution in [-0.4, -0.2) is 50.2 Å². The molecular weight excluding hydrogens is 290 g/mol. The molecule has 0 aliphatic carbocycles. The van der Waals surface area contributed by atoms with E-state index in [1.54, 1.807) is 0 Å². The fourth-order valence-electron chi connectivity index (χ4n) is 2.95. The van der Waals surface area contributed by atoms with Gasteiger partial charge in [-0.25, -0.2) is 0 Å². The van der Waals surface area contributed by atoms with Crippen molar-refractivity contribution in [3.63, 3.8) is 0 Å². The van der Waals surface area contributed by atoms with Crippen LogP contribution < -0.4 is 10.2 Å². The zero-order valence-electron chi connectivity index (χ0n) is 10.6. The van der Waals surface area contributed by atoms with Gasteiger partial charge in [-0.3, -0.25) is 4.90 Å². The minimum atomic E-state index is 0.775. The van der Waals surface area contributed by atoms with Crippen molar-refractivity contribution in [1.82, 2.24) is 10.2 Å². The second-order valence-electron chi connectivity index (χ2n) is 5.15. The SMILES string of the molecule is Brc1ccc(N2CCN(C3CCNC3)CC2)cc1. The number of nitrogens with zero attached hydrogens (tertiary/aromatic N) is 2. The Bertz CT molecular complexity index is 379. The maximum atomic E-state index is 3.49. The summed E-state index contributed by atoms with van der Waals surface area (Å²) in [6.07, 6.45) is 1.32. The molecule has 0 aromatic heterocycles. The van der Waals surface area contributed by atoms with Gasteiger partial charge < -0.3 is 10.2 Å². The Morgan fingerprint density at radius 1 is 1.06 bits per heavy atom. The predicted octanol–water partition coefficient (Wildman–Crippen LogP) is 1.93. The van der Waals surface area contributed by atoms with E-state index in [4.69, 9.17) is 0 Å². The summed E-state index contributed by atoms with van der Waals surface area (Å²) in [5.41, 5.74) is 1.35. The van der Waals surface area contributed by atoms with E-state index in [2.05, 4.69) is 55.3 Å². The van der Waals surface area contributed by atoms with E-state index in [1.165, 1.54) is 38.3 Å². The molecule has 0 spiro atoms. The average molecular weight is 310 g/mol. The monoisotopic (exact) mass is 309 g/mol. The fraction of sp³-hybridized carbons (Fsp3) is 0.571. The number of halogens is 1. The lowest BCUT2D eigenvalue weighted by Crippen LogP contribution is -2.51. The lowest BCUT2D eigenvalue weighted by atomic mass is 10.1. The largest absolute Gasteiger partial charge is 0.369 e. The molecule has 1 atom stereocenters. The van der Waals surface area contributed by atoms with Crippen molar-refractivity contribution in [2.75, 3.05) is 44.2 Å². The summed E-state index contributed by atoms with van der Waals surface area (Å²) in [6, 6.07) is 9.44. The molecule has 2 fully saturated rings. The van der Waals surface area contributed by atoms with Crippen molar-refractivity contribution in [3.05, 3.63) is 28.7 Å². The van der Waals surface area contributed by atoms with E-state index in [1.807, 2.05) is 0 Å². The summed E-state index contributed by atoms with van der Waals surface area (Å²) in [5.74, 6) is 0. The standard InChI is InChI=1S/C14H20BrN3/c15-12-1-3-13(4-2-12)17-7-9-18(10-8-17)14-5-6-16-11-14/h1-4,14,16H,5-11H2. The Morgan fingerprint density at radius 2 is 1.78 bits per heavy atom. The van der Waals surface area contributed by atoms with Gasteiger partial charge in [0.1, 0.15) is 0 Å². The van der Waals surface area contributed by atoms with Crippen LogP contribution in [0, 0.1) is 0 Å². The molecule has 2 heterocycles. The maximum absolute atomic E-state index is 3.49. The van der Waals surface area contributed by atoms with Gasteiger partial charge >= 0.3 is 0 Å². The predicted molar refractivity (Wildman–Crippen MR) is 79.2 cm³/mol. The highest BCUT2D eigenvalue weighted by atomic mass is 79.9. The third-order valence-electron chi connectivity index (χ3n) is 4.06. The first-order valence-electron chi connectivity index (χ1n) is 6.78. The fourth-order valence-corrected chi connectivity index (χ4v) is 3.21. The van der Waals surface area contributed by atoms with Crippen LogP contribution in [0.25, 0.3) is 0 Å². The van der Waals surface area contributed by atoms with Crippen LogP contribution in [0.3, 0.4) is 0 Å². The first kappa shape index (κ1) is 12.5. The van der Waals surface area contributed by atoms with E-state index >= 15 is 0 Å². The van der Waals surface area contributed by atoms with Crippen LogP contribution in [0.1, 0.15) is 6.42 Å². The smallest absolute Gasteiger partial charge is 0.0367 e. The topological polar surface area (TPSA) is 18.5 Å². The highest BCUT2D eigenvalue weighted by Crippen LogP contribution is 2.21. The van der Waals surface area contributed by atoms with Gasteiger partial charge in [0.25, 0.3) is 0 Å². The molecule has 1 aromatic rings. The Hall–Kier alpha value is -0.580. The molecular formula is C14H20BrN3. The summed E-state index contributed by atoms with van der Waals surface area (Å²) in [7, 11) is 0. The number of nitrogens with one attached hydrogen (secondary N) is 1. The summed E-state index contributed by atoms with van der Waals surface area (Å²) in [4.78, 5) is 5.14. The summed E-state index contributed by atoms with van der Waals surface area (Å²) < 4.78 is 1.15. The summed E-state index contributed by atoms with van der Waals surface area (Å²) in [6.45, 7) is 7.07. The minimum absolute atomic E-state index is 0.775. The number of hydrogen-bond donors (Lipinski definition) is 1. The molecule has 1 N–H and O–H groups in total. The van der Waals surface area contributed by atoms with Crippen molar-refractivity contribution >= 4 is 21.6 Å². The molecule has 2 saturated heterocycles. The number of hydrogen-bond acceptors (Lipinski definition) is 3. The molecule has 3 nitrogen and oxygen atoms in total. The van der Waals surface area contributed by atoms with E-state index in [0.717, 1.165) is 23.6 Å². The third kappa shape index (κ3) is 2.71. The first-order chi connectivity index (χ1) is 8.83. The second-order valence-corrected chi connectivity index (χ2v) is 6.06. The lowest BCUT2D eigenvalue weighted by Gasteiger charge is -2.38. The first-order valence-corrected chi connectivity index (χ1v) is 7.57. The molecule has 0 radical (unpaired) electrons. The second kappa shape index (κ2) is 5.59. The van der Waals surface area contributed by atoms with Crippen molar-refractivity contribution in [2.24, 2.45) is 0 Å². The van der Waals surface area contributed by atoms with Gasteiger partial charge in [-0.2, -0.15) is 0 Å². The average Bonchev–Trinajstić information content (AvgIpc) is 2.94. The highest BCUT2D eigenvalue weighted by molar-refractivity contribution is 9.10. The van der Waals surface area contributed by atoms with Crippen LogP contribution in [-0.2, 0) is 0 Å². The van der Waals surface area contributed by atoms with Crippen molar-refractivity contribution in [3.8, 4) is 0 Å². The van der Waals surface area contributed by atoms with Gasteiger partial charge in [-0.15, -0.1) is 0 Å². The maximum Gasteiger partial charge on any atom is 0.0367 e. The van der Waals surface area contributed by atoms with Crippen molar-refractivity contribution < 1.29 is 0 Å². The number of benzene rings is 1. The van der Waals surface area contributed by atoms with E-state index in [9.17, 15) is 0 Å². The van der Waals surface area contributed by atoms with Gasteiger partial charge in [0.05, 0.1) is 0 Å². The molecule has 98 valence electrons. The van der Waals surface area contributed by atoms with Crippen molar-refractivity contribution in [2.45, 2.75) is 12.5 Å². The van der Waals surface area contributed by atoms with Gasteiger partial charge in [-0.1, -0.05) is 15.9 Å². The number of anilines is 1. The van der Waals surface area contributed by atoms with Crippen LogP contribution in [0.15, 0.2) is 28.7 Å². The number of piperazine rings is 1. The van der Waals surface area contributed by atoms with Gasteiger partial charge in [-0.05, 0) is 37.2 Å². The lowest BCUT2D eigenvalue weighted by molar-refractivity contribution is 0.196. The summed E-state index contributed by atoms with van der Waals surface area (Å²) >= 11 is 3.49. The third-order valence-corrected chi connectivity index (χ3v) is 4.59. The van der Waals surface area contributed by atoms with Crippen LogP contribution in [0.2, 0.25) is 0 Å². The Kier molecular flexibility index (Phi) is 3.87. The Labute approximate surface area is 117 Å². The quantitative estimate of drug-likeness (QED) is 0.900. The zero-order valence-corrected chi connectivity index (χ0v) is 12.2. The molecule has 1 unspecified atom stereocenters. The van der Waals surface area contributed by atoms with Crippen molar-refractivity contribution in [1.29, 1.82) is 0 Å². The van der Waals surface area contributed by atoms with Gasteiger partial charge in [0.15, 0.2) is 0 Å².